The number of hydrogen-bond acceptors (Lipinski definition) is 6. The van der Waals surface area contributed by atoms with Crippen molar-refractivity contribution in [2.75, 3.05) is 17.2 Å². The van der Waals surface area contributed by atoms with Gasteiger partial charge in [0, 0.05) is 5.69 Å². The molecule has 2 atom stereocenters. The van der Waals surface area contributed by atoms with Crippen LogP contribution in [0.5, 0.6) is 5.75 Å². The number of carbonyl (C=O) groups is 2. The molecule has 36 heavy (non-hydrogen) atoms. The van der Waals surface area contributed by atoms with Gasteiger partial charge >= 0.3 is 0 Å². The van der Waals surface area contributed by atoms with E-state index in [1.54, 1.807) is 24.3 Å². The molecule has 0 bridgehead atoms. The molecule has 0 aliphatic rings. The number of ether oxygens (including phenoxy) is 1. The van der Waals surface area contributed by atoms with E-state index < -0.39 is 12.0 Å². The molecule has 190 valence electrons. The Morgan fingerprint density at radius 1 is 0.917 bits per heavy atom. The van der Waals surface area contributed by atoms with Gasteiger partial charge in [-0.15, -0.1) is 0 Å². The first kappa shape index (κ1) is 26.7. The standard InChI is InChI=1S/C28H32N3O5/c1-20(2)17-26(28(33)29-23-11-7-4-8-12-23)30-27(32)22(18-21-9-5-3-6-10-21)19-36-25-15-13-24(14-16-25)31(34)35/h3-16,20,22,26,34H,17-19H2,1-2H3,(H,29,33)(H,30,32)/q-1. The summed E-state index contributed by atoms with van der Waals surface area (Å²) in [5, 5.41) is 25.6. The molecule has 0 saturated heterocycles. The number of para-hydroxylation sites is 1. The van der Waals surface area contributed by atoms with Gasteiger partial charge in [-0.05, 0) is 60.7 Å². The average Bonchev–Trinajstić information content (AvgIpc) is 2.87. The van der Waals surface area contributed by atoms with Gasteiger partial charge in [0.25, 0.3) is 0 Å². The topological polar surface area (TPSA) is 114 Å². The zero-order valence-corrected chi connectivity index (χ0v) is 20.5. The fourth-order valence-corrected chi connectivity index (χ4v) is 3.74. The zero-order valence-electron chi connectivity index (χ0n) is 20.5. The summed E-state index contributed by atoms with van der Waals surface area (Å²) in [4.78, 5) is 26.4. The number of carbonyl (C=O) groups excluding carboxylic acids is 2. The van der Waals surface area contributed by atoms with Crippen molar-refractivity contribution >= 4 is 23.2 Å². The van der Waals surface area contributed by atoms with Gasteiger partial charge in [0.2, 0.25) is 11.8 Å². The Morgan fingerprint density at radius 2 is 1.53 bits per heavy atom. The van der Waals surface area contributed by atoms with Crippen LogP contribution < -0.4 is 20.6 Å². The summed E-state index contributed by atoms with van der Waals surface area (Å²) in [5.41, 5.74) is 1.70. The van der Waals surface area contributed by atoms with Crippen molar-refractivity contribution in [3.8, 4) is 5.75 Å². The lowest BCUT2D eigenvalue weighted by atomic mass is 9.97. The van der Waals surface area contributed by atoms with Gasteiger partial charge < -0.3 is 25.8 Å². The molecule has 0 fully saturated rings. The quantitative estimate of drug-likeness (QED) is 0.315. The fourth-order valence-electron chi connectivity index (χ4n) is 3.74. The Morgan fingerprint density at radius 3 is 2.11 bits per heavy atom. The molecule has 3 aromatic rings. The molecule has 0 aliphatic heterocycles. The van der Waals surface area contributed by atoms with Crippen molar-refractivity contribution in [3.63, 3.8) is 0 Å². The summed E-state index contributed by atoms with van der Waals surface area (Å²) in [6, 6.07) is 23.9. The minimum absolute atomic E-state index is 0.0645. The summed E-state index contributed by atoms with van der Waals surface area (Å²) in [6.07, 6.45) is 0.905. The second-order valence-electron chi connectivity index (χ2n) is 9.01. The second kappa shape index (κ2) is 13.3. The van der Waals surface area contributed by atoms with Gasteiger partial charge in [-0.3, -0.25) is 14.8 Å². The van der Waals surface area contributed by atoms with Crippen molar-refractivity contribution in [1.82, 2.24) is 5.32 Å². The molecule has 2 unspecified atom stereocenters. The number of nitrogens with one attached hydrogen (secondary N) is 2. The molecular weight excluding hydrogens is 458 g/mol. The molecule has 0 radical (unpaired) electrons. The highest BCUT2D eigenvalue weighted by Gasteiger charge is 2.27. The predicted octanol–water partition coefficient (Wildman–Crippen LogP) is 4.79. The van der Waals surface area contributed by atoms with Gasteiger partial charge in [0.15, 0.2) is 0 Å². The van der Waals surface area contributed by atoms with Crippen LogP contribution in [0.15, 0.2) is 84.9 Å². The minimum Gasteiger partial charge on any atom is -0.733 e. The van der Waals surface area contributed by atoms with Crippen molar-refractivity contribution in [2.24, 2.45) is 11.8 Å². The lowest BCUT2D eigenvalue weighted by Gasteiger charge is -2.24. The molecular formula is C28H32N3O5-. The minimum atomic E-state index is -0.706. The SMILES string of the molecule is CC(C)CC(NC(=O)C(COc1ccc(N([O-])O)cc1)Cc1ccccc1)C(=O)Nc1ccccc1. The Bertz CT molecular complexity index is 1090. The Hall–Kier alpha value is -3.88. The van der Waals surface area contributed by atoms with E-state index in [0.29, 0.717) is 24.3 Å². The third-order valence-corrected chi connectivity index (χ3v) is 5.59. The molecule has 8 heteroatoms. The van der Waals surface area contributed by atoms with E-state index in [1.807, 2.05) is 62.4 Å². The predicted molar refractivity (Wildman–Crippen MR) is 140 cm³/mol. The number of nitrogens with zero attached hydrogens (tertiary/aromatic N) is 1. The van der Waals surface area contributed by atoms with Crippen LogP contribution in [0.4, 0.5) is 11.4 Å². The highest BCUT2D eigenvalue weighted by Crippen LogP contribution is 2.20. The highest BCUT2D eigenvalue weighted by atomic mass is 16.8. The highest BCUT2D eigenvalue weighted by molar-refractivity contribution is 5.97. The average molecular weight is 491 g/mol. The second-order valence-corrected chi connectivity index (χ2v) is 9.01. The van der Waals surface area contributed by atoms with E-state index in [2.05, 4.69) is 10.6 Å². The maximum absolute atomic E-state index is 13.4. The van der Waals surface area contributed by atoms with Crippen LogP contribution in [-0.4, -0.2) is 29.7 Å². The molecule has 8 nitrogen and oxygen atoms in total. The first-order chi connectivity index (χ1) is 17.3. The summed E-state index contributed by atoms with van der Waals surface area (Å²) in [7, 11) is 0. The summed E-state index contributed by atoms with van der Waals surface area (Å²) < 4.78 is 5.85. The van der Waals surface area contributed by atoms with Gasteiger partial charge in [-0.25, -0.2) is 0 Å². The molecule has 3 aromatic carbocycles. The summed E-state index contributed by atoms with van der Waals surface area (Å²) in [6.45, 7) is 4.06. The number of benzene rings is 3. The Balaban J connectivity index is 1.73. The van der Waals surface area contributed by atoms with Gasteiger partial charge in [-0.1, -0.05) is 62.4 Å². The first-order valence-corrected chi connectivity index (χ1v) is 11.9. The van der Waals surface area contributed by atoms with E-state index in [9.17, 15) is 14.8 Å². The van der Waals surface area contributed by atoms with Crippen LogP contribution in [0.1, 0.15) is 25.8 Å². The molecule has 0 saturated carbocycles. The molecule has 2 amide bonds. The number of anilines is 2. The third-order valence-electron chi connectivity index (χ3n) is 5.59. The van der Waals surface area contributed by atoms with Gasteiger partial charge in [-0.2, -0.15) is 0 Å². The lowest BCUT2D eigenvalue weighted by Crippen LogP contribution is -2.48. The number of rotatable bonds is 12. The van der Waals surface area contributed by atoms with E-state index >= 15 is 0 Å². The zero-order chi connectivity index (χ0) is 25.9. The Kier molecular flexibility index (Phi) is 9.85. The lowest BCUT2D eigenvalue weighted by molar-refractivity contribution is -0.130. The molecule has 3 rings (SSSR count). The monoisotopic (exact) mass is 490 g/mol. The van der Waals surface area contributed by atoms with Crippen molar-refractivity contribution in [1.29, 1.82) is 0 Å². The Labute approximate surface area is 211 Å². The van der Waals surface area contributed by atoms with Crippen molar-refractivity contribution < 1.29 is 19.5 Å². The fraction of sp³-hybridized carbons (Fsp3) is 0.286. The van der Waals surface area contributed by atoms with Gasteiger partial charge in [0.05, 0.1) is 11.6 Å². The van der Waals surface area contributed by atoms with E-state index in [1.165, 1.54) is 12.1 Å². The van der Waals surface area contributed by atoms with E-state index in [0.717, 1.165) is 5.56 Å². The molecule has 0 aliphatic carbocycles. The van der Waals surface area contributed by atoms with E-state index in [4.69, 9.17) is 9.94 Å². The number of hydrogen-bond donors (Lipinski definition) is 3. The van der Waals surface area contributed by atoms with Crippen LogP contribution in [0.25, 0.3) is 0 Å². The van der Waals surface area contributed by atoms with Crippen LogP contribution in [0, 0.1) is 17.0 Å². The summed E-state index contributed by atoms with van der Waals surface area (Å²) in [5.74, 6) is -0.492. The maximum Gasteiger partial charge on any atom is 0.246 e. The van der Waals surface area contributed by atoms with E-state index in [-0.39, 0.29) is 35.3 Å². The summed E-state index contributed by atoms with van der Waals surface area (Å²) >= 11 is 0. The molecule has 0 heterocycles. The van der Waals surface area contributed by atoms with Crippen molar-refractivity contribution in [3.05, 3.63) is 95.7 Å². The van der Waals surface area contributed by atoms with Crippen LogP contribution >= 0.6 is 0 Å². The van der Waals surface area contributed by atoms with Crippen molar-refractivity contribution in [2.45, 2.75) is 32.7 Å². The van der Waals surface area contributed by atoms with Gasteiger partial charge in [0.1, 0.15) is 18.4 Å². The van der Waals surface area contributed by atoms with Crippen LogP contribution in [0.3, 0.4) is 0 Å². The largest absolute Gasteiger partial charge is 0.733 e. The first-order valence-electron chi connectivity index (χ1n) is 11.9. The third kappa shape index (κ3) is 8.41. The normalized spacial score (nSPS) is 12.5. The molecule has 0 aromatic heterocycles. The maximum atomic E-state index is 13.4. The van der Waals surface area contributed by atoms with Crippen LogP contribution in [0.2, 0.25) is 0 Å². The molecule has 0 spiro atoms. The van der Waals surface area contributed by atoms with Crippen LogP contribution in [-0.2, 0) is 16.0 Å². The molecule has 3 N–H and O–H groups in total. The number of amides is 2. The smallest absolute Gasteiger partial charge is 0.246 e.